The summed E-state index contributed by atoms with van der Waals surface area (Å²) >= 11 is 0. The van der Waals surface area contributed by atoms with Gasteiger partial charge in [-0.25, -0.2) is 9.97 Å². The van der Waals surface area contributed by atoms with E-state index in [1.165, 1.54) is 12.8 Å². The normalized spacial score (nSPS) is 19.2. The van der Waals surface area contributed by atoms with Crippen LogP contribution >= 0.6 is 0 Å². The molecule has 1 aromatic heterocycles. The van der Waals surface area contributed by atoms with Gasteiger partial charge in [0.15, 0.2) is 0 Å². The Balaban J connectivity index is 1.94. The van der Waals surface area contributed by atoms with E-state index in [-0.39, 0.29) is 0 Å². The summed E-state index contributed by atoms with van der Waals surface area (Å²) in [6, 6.07) is 8.82. The van der Waals surface area contributed by atoms with Gasteiger partial charge in [0.2, 0.25) is 0 Å². The third kappa shape index (κ3) is 2.40. The van der Waals surface area contributed by atoms with Crippen LogP contribution < -0.4 is 10.6 Å². The van der Waals surface area contributed by atoms with E-state index < -0.39 is 0 Å². The Kier molecular flexibility index (Phi) is 3.60. The maximum atomic E-state index is 5.64. The third-order valence-electron chi connectivity index (χ3n) is 3.91. The van der Waals surface area contributed by atoms with Crippen molar-refractivity contribution < 1.29 is 0 Å². The number of hydrogen-bond donors (Lipinski definition) is 1. The molecule has 1 saturated heterocycles. The Morgan fingerprint density at radius 2 is 2.16 bits per heavy atom. The number of para-hydroxylation sites is 1. The lowest BCUT2D eigenvalue weighted by molar-refractivity contribution is 0.583. The zero-order chi connectivity index (χ0) is 13.1. The van der Waals surface area contributed by atoms with Crippen molar-refractivity contribution in [3.63, 3.8) is 0 Å². The quantitative estimate of drug-likeness (QED) is 0.912. The fraction of sp³-hybridized carbons (Fsp3) is 0.467. The van der Waals surface area contributed by atoms with Gasteiger partial charge in [-0.3, -0.25) is 0 Å². The average Bonchev–Trinajstić information content (AvgIpc) is 2.92. The van der Waals surface area contributed by atoms with E-state index in [0.717, 1.165) is 42.7 Å². The lowest BCUT2D eigenvalue weighted by Gasteiger charge is -2.26. The second-order valence-corrected chi connectivity index (χ2v) is 5.13. The molecule has 19 heavy (non-hydrogen) atoms. The van der Waals surface area contributed by atoms with Gasteiger partial charge in [0.25, 0.3) is 0 Å². The summed E-state index contributed by atoms with van der Waals surface area (Å²) in [5.74, 6) is 1.09. The number of benzene rings is 1. The molecule has 2 aromatic rings. The highest BCUT2D eigenvalue weighted by molar-refractivity contribution is 5.89. The van der Waals surface area contributed by atoms with Crippen molar-refractivity contribution in [3.05, 3.63) is 30.6 Å². The highest BCUT2D eigenvalue weighted by atomic mass is 15.2. The van der Waals surface area contributed by atoms with Gasteiger partial charge in [0, 0.05) is 18.0 Å². The average molecular weight is 256 g/mol. The molecule has 4 nitrogen and oxygen atoms in total. The number of anilines is 1. The molecule has 1 aromatic carbocycles. The lowest BCUT2D eigenvalue weighted by atomic mass is 10.1. The molecule has 2 N–H and O–H groups in total. The summed E-state index contributed by atoms with van der Waals surface area (Å²) in [6.45, 7) is 1.87. The first kappa shape index (κ1) is 12.4. The van der Waals surface area contributed by atoms with Crippen molar-refractivity contribution in [2.75, 3.05) is 18.0 Å². The maximum absolute atomic E-state index is 5.64. The summed E-state index contributed by atoms with van der Waals surface area (Å²) < 4.78 is 0. The largest absolute Gasteiger partial charge is 0.353 e. The number of hydrogen-bond acceptors (Lipinski definition) is 4. The van der Waals surface area contributed by atoms with Crippen molar-refractivity contribution in [3.8, 4) is 0 Å². The van der Waals surface area contributed by atoms with E-state index in [0.29, 0.717) is 6.04 Å². The van der Waals surface area contributed by atoms with Crippen molar-refractivity contribution in [2.45, 2.75) is 31.7 Å². The minimum atomic E-state index is 0.585. The van der Waals surface area contributed by atoms with Crippen LogP contribution in [0.4, 0.5) is 5.82 Å². The standard InChI is InChI=1S/C15H20N4/c16-9-3-5-12-6-4-10-19(12)15-13-7-1-2-8-14(13)17-11-18-15/h1-2,7-8,11-12H,3-6,9-10,16H2. The van der Waals surface area contributed by atoms with Crippen LogP contribution in [0, 0.1) is 0 Å². The van der Waals surface area contributed by atoms with E-state index in [1.54, 1.807) is 6.33 Å². The predicted octanol–water partition coefficient (Wildman–Crippen LogP) is 2.34. The molecule has 0 bridgehead atoms. The molecule has 3 rings (SSSR count). The van der Waals surface area contributed by atoms with Crippen molar-refractivity contribution in [1.82, 2.24) is 9.97 Å². The smallest absolute Gasteiger partial charge is 0.140 e. The fourth-order valence-electron chi connectivity index (χ4n) is 2.99. The van der Waals surface area contributed by atoms with Gasteiger partial charge in [-0.15, -0.1) is 0 Å². The lowest BCUT2D eigenvalue weighted by Crippen LogP contribution is -2.30. The Hall–Kier alpha value is -1.68. The van der Waals surface area contributed by atoms with Crippen LogP contribution in [0.1, 0.15) is 25.7 Å². The van der Waals surface area contributed by atoms with Crippen LogP contribution in [0.3, 0.4) is 0 Å². The topological polar surface area (TPSA) is 55.0 Å². The van der Waals surface area contributed by atoms with Gasteiger partial charge in [0.05, 0.1) is 5.52 Å². The van der Waals surface area contributed by atoms with E-state index in [2.05, 4.69) is 27.0 Å². The van der Waals surface area contributed by atoms with Crippen molar-refractivity contribution >= 4 is 16.7 Å². The van der Waals surface area contributed by atoms with E-state index >= 15 is 0 Å². The van der Waals surface area contributed by atoms with E-state index in [9.17, 15) is 0 Å². The Bertz CT molecular complexity index is 549. The summed E-state index contributed by atoms with van der Waals surface area (Å²) in [7, 11) is 0. The summed E-state index contributed by atoms with van der Waals surface area (Å²) in [5.41, 5.74) is 6.66. The second-order valence-electron chi connectivity index (χ2n) is 5.13. The van der Waals surface area contributed by atoms with Crippen LogP contribution in [-0.4, -0.2) is 29.1 Å². The summed E-state index contributed by atoms with van der Waals surface area (Å²) in [4.78, 5) is 11.3. The second kappa shape index (κ2) is 5.53. The van der Waals surface area contributed by atoms with E-state index in [4.69, 9.17) is 5.73 Å². The molecule has 1 fully saturated rings. The molecule has 1 atom stereocenters. The van der Waals surface area contributed by atoms with Crippen LogP contribution in [-0.2, 0) is 0 Å². The van der Waals surface area contributed by atoms with Gasteiger partial charge < -0.3 is 10.6 Å². The highest BCUT2D eigenvalue weighted by Crippen LogP contribution is 2.30. The molecule has 2 heterocycles. The fourth-order valence-corrected chi connectivity index (χ4v) is 2.99. The van der Waals surface area contributed by atoms with Gasteiger partial charge in [-0.05, 0) is 44.4 Å². The van der Waals surface area contributed by atoms with Gasteiger partial charge in [0.1, 0.15) is 12.1 Å². The minimum Gasteiger partial charge on any atom is -0.353 e. The molecule has 0 saturated carbocycles. The van der Waals surface area contributed by atoms with Crippen molar-refractivity contribution in [1.29, 1.82) is 0 Å². The number of rotatable bonds is 4. The summed E-state index contributed by atoms with van der Waals surface area (Å²) in [5, 5.41) is 1.16. The minimum absolute atomic E-state index is 0.585. The molecular weight excluding hydrogens is 236 g/mol. The maximum Gasteiger partial charge on any atom is 0.140 e. The first-order valence-corrected chi connectivity index (χ1v) is 7.06. The van der Waals surface area contributed by atoms with Crippen LogP contribution in [0.5, 0.6) is 0 Å². The number of aromatic nitrogens is 2. The first-order valence-electron chi connectivity index (χ1n) is 7.06. The number of nitrogens with two attached hydrogens (primary N) is 1. The SMILES string of the molecule is NCCCC1CCCN1c1ncnc2ccccc12. The molecule has 100 valence electrons. The van der Waals surface area contributed by atoms with Gasteiger partial charge in [-0.1, -0.05) is 12.1 Å². The molecule has 4 heteroatoms. The van der Waals surface area contributed by atoms with E-state index in [1.807, 2.05) is 12.1 Å². The number of nitrogens with zero attached hydrogens (tertiary/aromatic N) is 3. The molecule has 0 amide bonds. The van der Waals surface area contributed by atoms with Crippen molar-refractivity contribution in [2.24, 2.45) is 5.73 Å². The highest BCUT2D eigenvalue weighted by Gasteiger charge is 2.26. The molecule has 0 radical (unpaired) electrons. The zero-order valence-corrected chi connectivity index (χ0v) is 11.1. The molecular formula is C15H20N4. The first-order chi connectivity index (χ1) is 9.40. The molecule has 0 spiro atoms. The molecule has 1 unspecified atom stereocenters. The Morgan fingerprint density at radius 1 is 1.26 bits per heavy atom. The Morgan fingerprint density at radius 3 is 3.05 bits per heavy atom. The molecule has 1 aliphatic heterocycles. The number of fused-ring (bicyclic) bond motifs is 1. The van der Waals surface area contributed by atoms with Crippen LogP contribution in [0.25, 0.3) is 10.9 Å². The third-order valence-corrected chi connectivity index (χ3v) is 3.91. The van der Waals surface area contributed by atoms with Crippen LogP contribution in [0.2, 0.25) is 0 Å². The predicted molar refractivity (Wildman–Crippen MR) is 78.2 cm³/mol. The molecule has 1 aliphatic rings. The van der Waals surface area contributed by atoms with Gasteiger partial charge in [-0.2, -0.15) is 0 Å². The Labute approximate surface area is 113 Å². The van der Waals surface area contributed by atoms with Gasteiger partial charge >= 0.3 is 0 Å². The van der Waals surface area contributed by atoms with Crippen LogP contribution in [0.15, 0.2) is 30.6 Å². The molecule has 0 aliphatic carbocycles. The zero-order valence-electron chi connectivity index (χ0n) is 11.1. The monoisotopic (exact) mass is 256 g/mol. The summed E-state index contributed by atoms with van der Waals surface area (Å²) in [6.07, 6.45) is 6.42.